The van der Waals surface area contributed by atoms with E-state index in [-0.39, 0.29) is 11.7 Å². The third kappa shape index (κ3) is 3.57. The van der Waals surface area contributed by atoms with Crippen molar-refractivity contribution < 1.29 is 9.21 Å². The number of furan rings is 1. The Kier molecular flexibility index (Phi) is 4.41. The molecule has 6 heteroatoms. The first-order valence-electron chi connectivity index (χ1n) is 6.75. The van der Waals surface area contributed by atoms with Gasteiger partial charge in [-0.1, -0.05) is 23.7 Å². The third-order valence-electron chi connectivity index (χ3n) is 3.18. The normalized spacial score (nSPS) is 10.5. The predicted molar refractivity (Wildman–Crippen MR) is 95.7 cm³/mol. The highest BCUT2D eigenvalue weighted by Gasteiger charge is 2.14. The Hall–Kier alpha value is -2.24. The molecule has 2 aromatic carbocycles. The van der Waals surface area contributed by atoms with E-state index in [0.717, 1.165) is 5.56 Å². The first-order valence-corrected chi connectivity index (χ1v) is 7.92. The average Bonchev–Trinajstić information content (AvgIpc) is 3.00. The van der Waals surface area contributed by atoms with Crippen molar-refractivity contribution in [3.8, 4) is 11.3 Å². The van der Waals surface area contributed by atoms with E-state index in [1.54, 1.807) is 42.5 Å². The van der Waals surface area contributed by atoms with Crippen molar-refractivity contribution in [1.82, 2.24) is 0 Å². The number of nitrogens with two attached hydrogens (primary N) is 1. The largest absolute Gasteiger partial charge is 0.451 e. The summed E-state index contributed by atoms with van der Waals surface area (Å²) in [6.07, 6.45) is 0. The summed E-state index contributed by atoms with van der Waals surface area (Å²) >= 11 is 9.32. The summed E-state index contributed by atoms with van der Waals surface area (Å²) < 4.78 is 6.31. The van der Waals surface area contributed by atoms with Crippen molar-refractivity contribution in [3.63, 3.8) is 0 Å². The quantitative estimate of drug-likeness (QED) is 0.603. The number of amides is 1. The summed E-state index contributed by atoms with van der Waals surface area (Å²) in [6, 6.07) is 15.7. The number of carbonyl (C=O) groups excluding carboxylic acids is 1. The van der Waals surface area contributed by atoms with Crippen LogP contribution in [-0.2, 0) is 0 Å². The second-order valence-electron chi connectivity index (χ2n) is 4.87. The van der Waals surface area contributed by atoms with Crippen LogP contribution in [0.15, 0.2) is 63.5 Å². The molecule has 3 aromatic rings. The summed E-state index contributed by atoms with van der Waals surface area (Å²) in [5.41, 5.74) is 7.71. The van der Waals surface area contributed by atoms with Gasteiger partial charge >= 0.3 is 0 Å². The lowest BCUT2D eigenvalue weighted by Gasteiger charge is -2.06. The average molecular weight is 392 g/mol. The second-order valence-corrected chi connectivity index (χ2v) is 6.16. The first kappa shape index (κ1) is 15.6. The van der Waals surface area contributed by atoms with Crippen LogP contribution in [0, 0.1) is 0 Å². The molecule has 0 atom stereocenters. The van der Waals surface area contributed by atoms with Gasteiger partial charge in [0.25, 0.3) is 5.91 Å². The van der Waals surface area contributed by atoms with Gasteiger partial charge < -0.3 is 15.5 Å². The monoisotopic (exact) mass is 390 g/mol. The SMILES string of the molecule is Nc1ccc(NC(=O)c2ccc(-c3cccc(Cl)c3)o2)c(Br)c1. The van der Waals surface area contributed by atoms with E-state index >= 15 is 0 Å². The smallest absolute Gasteiger partial charge is 0.291 e. The Balaban J connectivity index is 1.81. The highest BCUT2D eigenvalue weighted by atomic mass is 79.9. The van der Waals surface area contributed by atoms with Crippen LogP contribution in [0.4, 0.5) is 11.4 Å². The van der Waals surface area contributed by atoms with Gasteiger partial charge in [0.05, 0.1) is 5.69 Å². The molecular weight excluding hydrogens is 380 g/mol. The molecule has 0 unspecified atom stereocenters. The van der Waals surface area contributed by atoms with Crippen LogP contribution in [0.25, 0.3) is 11.3 Å². The Morgan fingerprint density at radius 3 is 2.70 bits per heavy atom. The van der Waals surface area contributed by atoms with Gasteiger partial charge in [-0.2, -0.15) is 0 Å². The molecule has 0 fully saturated rings. The molecule has 3 N–H and O–H groups in total. The van der Waals surface area contributed by atoms with Crippen LogP contribution in [0.5, 0.6) is 0 Å². The number of halogens is 2. The van der Waals surface area contributed by atoms with E-state index < -0.39 is 0 Å². The van der Waals surface area contributed by atoms with Crippen LogP contribution in [0.3, 0.4) is 0 Å². The molecule has 1 heterocycles. The van der Waals surface area contributed by atoms with Crippen molar-refractivity contribution in [3.05, 3.63) is 69.9 Å². The molecule has 0 radical (unpaired) electrons. The van der Waals surface area contributed by atoms with E-state index in [2.05, 4.69) is 21.2 Å². The van der Waals surface area contributed by atoms with Gasteiger partial charge in [0, 0.05) is 20.7 Å². The number of benzene rings is 2. The van der Waals surface area contributed by atoms with Gasteiger partial charge in [-0.25, -0.2) is 0 Å². The van der Waals surface area contributed by atoms with Crippen LogP contribution >= 0.6 is 27.5 Å². The predicted octanol–water partition coefficient (Wildman–Crippen LogP) is 5.20. The van der Waals surface area contributed by atoms with Crippen molar-refractivity contribution in [2.75, 3.05) is 11.1 Å². The van der Waals surface area contributed by atoms with Crippen molar-refractivity contribution >= 4 is 44.8 Å². The molecule has 0 bridgehead atoms. The molecule has 23 heavy (non-hydrogen) atoms. The lowest BCUT2D eigenvalue weighted by molar-refractivity contribution is 0.0997. The third-order valence-corrected chi connectivity index (χ3v) is 4.07. The van der Waals surface area contributed by atoms with Crippen molar-refractivity contribution in [2.24, 2.45) is 0 Å². The number of carbonyl (C=O) groups is 1. The summed E-state index contributed by atoms with van der Waals surface area (Å²) in [5, 5.41) is 3.38. The number of nitrogens with one attached hydrogen (secondary N) is 1. The molecular formula is C17H12BrClN2O2. The van der Waals surface area contributed by atoms with E-state index in [1.807, 2.05) is 12.1 Å². The number of hydrogen-bond donors (Lipinski definition) is 2. The van der Waals surface area contributed by atoms with Crippen molar-refractivity contribution in [1.29, 1.82) is 0 Å². The maximum Gasteiger partial charge on any atom is 0.291 e. The van der Waals surface area contributed by atoms with E-state index in [9.17, 15) is 4.79 Å². The first-order chi connectivity index (χ1) is 11.0. The molecule has 1 aromatic heterocycles. The summed E-state index contributed by atoms with van der Waals surface area (Å²) in [6.45, 7) is 0. The van der Waals surface area contributed by atoms with Crippen LogP contribution < -0.4 is 11.1 Å². The Morgan fingerprint density at radius 1 is 1.13 bits per heavy atom. The lowest BCUT2D eigenvalue weighted by atomic mass is 10.2. The molecule has 0 spiro atoms. The topological polar surface area (TPSA) is 68.3 Å². The fourth-order valence-electron chi connectivity index (χ4n) is 2.07. The molecule has 4 nitrogen and oxygen atoms in total. The zero-order chi connectivity index (χ0) is 16.4. The zero-order valence-electron chi connectivity index (χ0n) is 11.8. The molecule has 0 aliphatic rings. The zero-order valence-corrected chi connectivity index (χ0v) is 14.2. The number of rotatable bonds is 3. The molecule has 116 valence electrons. The van der Waals surface area contributed by atoms with Gasteiger partial charge in [0.15, 0.2) is 5.76 Å². The minimum Gasteiger partial charge on any atom is -0.451 e. The van der Waals surface area contributed by atoms with Gasteiger partial charge in [0.1, 0.15) is 5.76 Å². The Labute approximate surface area is 146 Å². The van der Waals surface area contributed by atoms with E-state index in [4.69, 9.17) is 21.8 Å². The highest BCUT2D eigenvalue weighted by Crippen LogP contribution is 2.27. The van der Waals surface area contributed by atoms with Crippen LogP contribution in [-0.4, -0.2) is 5.91 Å². The van der Waals surface area contributed by atoms with Gasteiger partial charge in [-0.3, -0.25) is 4.79 Å². The van der Waals surface area contributed by atoms with Crippen LogP contribution in [0.2, 0.25) is 5.02 Å². The molecule has 0 aliphatic carbocycles. The van der Waals surface area contributed by atoms with Crippen LogP contribution in [0.1, 0.15) is 10.6 Å². The summed E-state index contributed by atoms with van der Waals surface area (Å²) in [7, 11) is 0. The Morgan fingerprint density at radius 2 is 1.96 bits per heavy atom. The minimum atomic E-state index is -0.344. The number of nitrogen functional groups attached to an aromatic ring is 1. The molecule has 1 amide bonds. The summed E-state index contributed by atoms with van der Waals surface area (Å²) in [4.78, 5) is 12.3. The minimum absolute atomic E-state index is 0.212. The number of anilines is 2. The van der Waals surface area contributed by atoms with E-state index in [1.165, 1.54) is 0 Å². The highest BCUT2D eigenvalue weighted by molar-refractivity contribution is 9.10. The van der Waals surface area contributed by atoms with Gasteiger partial charge in [-0.05, 0) is 58.4 Å². The summed E-state index contributed by atoms with van der Waals surface area (Å²) in [5.74, 6) is 0.446. The standard InChI is InChI=1S/C17H12BrClN2O2/c18-13-9-12(20)4-5-14(13)21-17(22)16-7-6-15(23-16)10-2-1-3-11(19)8-10/h1-9H,20H2,(H,21,22). The maximum atomic E-state index is 12.3. The molecule has 0 aliphatic heterocycles. The van der Waals surface area contributed by atoms with E-state index in [0.29, 0.717) is 26.6 Å². The second kappa shape index (κ2) is 6.48. The molecule has 3 rings (SSSR count). The van der Waals surface area contributed by atoms with Crippen molar-refractivity contribution in [2.45, 2.75) is 0 Å². The lowest BCUT2D eigenvalue weighted by Crippen LogP contribution is -2.11. The fourth-order valence-corrected chi connectivity index (χ4v) is 2.76. The molecule has 0 saturated carbocycles. The number of hydrogen-bond acceptors (Lipinski definition) is 3. The maximum absolute atomic E-state index is 12.3. The molecule has 0 saturated heterocycles. The van der Waals surface area contributed by atoms with Gasteiger partial charge in [0.2, 0.25) is 0 Å². The fraction of sp³-hybridized carbons (Fsp3) is 0. The Bertz CT molecular complexity index is 877. The van der Waals surface area contributed by atoms with Gasteiger partial charge in [-0.15, -0.1) is 0 Å².